The van der Waals surface area contributed by atoms with Crippen LogP contribution in [0.4, 0.5) is 0 Å². The number of carboxylic acids is 1. The summed E-state index contributed by atoms with van der Waals surface area (Å²) >= 11 is 0. The summed E-state index contributed by atoms with van der Waals surface area (Å²) in [4.78, 5) is 10.8. The zero-order valence-electron chi connectivity index (χ0n) is 9.91. The molecule has 92 valence electrons. The Bertz CT molecular complexity index is 240. The van der Waals surface area contributed by atoms with E-state index in [2.05, 4.69) is 0 Å². The lowest BCUT2D eigenvalue weighted by molar-refractivity contribution is -0.157. The smallest absolute Gasteiger partial charge is 0.306 e. The minimum atomic E-state index is -0.719. The van der Waals surface area contributed by atoms with E-state index in [4.69, 9.17) is 9.84 Å². The first-order chi connectivity index (χ1) is 7.70. The van der Waals surface area contributed by atoms with Crippen molar-refractivity contribution in [3.8, 4) is 0 Å². The average molecular weight is 226 g/mol. The van der Waals surface area contributed by atoms with Gasteiger partial charge in [-0.1, -0.05) is 19.3 Å². The van der Waals surface area contributed by atoms with Gasteiger partial charge >= 0.3 is 5.97 Å². The fraction of sp³-hybridized carbons (Fsp3) is 0.923. The van der Waals surface area contributed by atoms with E-state index in [0.717, 1.165) is 25.9 Å². The van der Waals surface area contributed by atoms with Crippen molar-refractivity contribution >= 4 is 5.97 Å². The summed E-state index contributed by atoms with van der Waals surface area (Å²) < 4.78 is 5.94. The number of aliphatic carboxylic acids is 1. The first-order valence-corrected chi connectivity index (χ1v) is 6.56. The Morgan fingerprint density at radius 1 is 1.19 bits per heavy atom. The maximum absolute atomic E-state index is 10.8. The van der Waals surface area contributed by atoms with Crippen LogP contribution in [0.3, 0.4) is 0 Å². The summed E-state index contributed by atoms with van der Waals surface area (Å²) in [5, 5.41) is 8.87. The molecule has 0 bridgehead atoms. The van der Waals surface area contributed by atoms with Gasteiger partial charge in [-0.05, 0) is 38.0 Å². The van der Waals surface area contributed by atoms with Gasteiger partial charge in [-0.3, -0.25) is 4.79 Å². The van der Waals surface area contributed by atoms with Crippen LogP contribution in [-0.2, 0) is 9.53 Å². The second-order valence-corrected chi connectivity index (χ2v) is 5.42. The molecule has 2 aliphatic rings. The molecule has 0 radical (unpaired) electrons. The molecule has 16 heavy (non-hydrogen) atoms. The molecule has 1 N–H and O–H groups in total. The molecule has 0 spiro atoms. The third-order valence-electron chi connectivity index (χ3n) is 4.09. The molecule has 2 saturated carbocycles. The summed E-state index contributed by atoms with van der Waals surface area (Å²) in [6, 6.07) is 0. The van der Waals surface area contributed by atoms with Crippen LogP contribution in [0.25, 0.3) is 0 Å². The van der Waals surface area contributed by atoms with Gasteiger partial charge in [-0.15, -0.1) is 0 Å². The Labute approximate surface area is 97.2 Å². The Balaban J connectivity index is 1.75. The van der Waals surface area contributed by atoms with E-state index in [0.29, 0.717) is 5.92 Å². The SMILES string of the molecule is O=C(O)CC1(OCC2CCCCC2)CCC1. The zero-order valence-corrected chi connectivity index (χ0v) is 9.91. The van der Waals surface area contributed by atoms with E-state index in [1.54, 1.807) is 0 Å². The van der Waals surface area contributed by atoms with Gasteiger partial charge in [0.2, 0.25) is 0 Å². The fourth-order valence-electron chi connectivity index (χ4n) is 2.87. The molecule has 0 aromatic carbocycles. The molecule has 0 amide bonds. The summed E-state index contributed by atoms with van der Waals surface area (Å²) in [6.45, 7) is 0.785. The van der Waals surface area contributed by atoms with Crippen LogP contribution in [-0.4, -0.2) is 23.3 Å². The maximum Gasteiger partial charge on any atom is 0.306 e. The van der Waals surface area contributed by atoms with Crippen LogP contribution in [0.5, 0.6) is 0 Å². The normalized spacial score (nSPS) is 25.0. The van der Waals surface area contributed by atoms with Gasteiger partial charge in [-0.25, -0.2) is 0 Å². The van der Waals surface area contributed by atoms with Crippen molar-refractivity contribution in [3.63, 3.8) is 0 Å². The van der Waals surface area contributed by atoms with Gasteiger partial charge in [0.1, 0.15) is 0 Å². The number of carbonyl (C=O) groups is 1. The minimum Gasteiger partial charge on any atom is -0.481 e. The molecule has 0 aromatic rings. The Morgan fingerprint density at radius 2 is 1.88 bits per heavy atom. The van der Waals surface area contributed by atoms with E-state index in [1.807, 2.05) is 0 Å². The van der Waals surface area contributed by atoms with Crippen LogP contribution in [0.15, 0.2) is 0 Å². The highest BCUT2D eigenvalue weighted by molar-refractivity contribution is 5.68. The number of carboxylic acid groups (broad SMARTS) is 1. The van der Waals surface area contributed by atoms with E-state index in [9.17, 15) is 4.79 Å². The third kappa shape index (κ3) is 2.97. The molecule has 0 heterocycles. The van der Waals surface area contributed by atoms with Gasteiger partial charge in [-0.2, -0.15) is 0 Å². The summed E-state index contributed by atoms with van der Waals surface area (Å²) in [5.41, 5.74) is -0.302. The lowest BCUT2D eigenvalue weighted by atomic mass is 9.77. The number of rotatable bonds is 5. The van der Waals surface area contributed by atoms with E-state index >= 15 is 0 Å². The topological polar surface area (TPSA) is 46.5 Å². The molecular formula is C13H22O3. The van der Waals surface area contributed by atoms with Crippen molar-refractivity contribution in [3.05, 3.63) is 0 Å². The molecular weight excluding hydrogens is 204 g/mol. The van der Waals surface area contributed by atoms with E-state index in [1.165, 1.54) is 32.1 Å². The van der Waals surface area contributed by atoms with Crippen molar-refractivity contribution in [2.45, 2.75) is 63.4 Å². The van der Waals surface area contributed by atoms with Gasteiger partial charge in [0.25, 0.3) is 0 Å². The second-order valence-electron chi connectivity index (χ2n) is 5.42. The Hall–Kier alpha value is -0.570. The van der Waals surface area contributed by atoms with Crippen LogP contribution < -0.4 is 0 Å². The highest BCUT2D eigenvalue weighted by Gasteiger charge is 2.40. The molecule has 0 aromatic heterocycles. The van der Waals surface area contributed by atoms with E-state index in [-0.39, 0.29) is 12.0 Å². The lowest BCUT2D eigenvalue weighted by Gasteiger charge is -2.41. The number of hydrogen-bond acceptors (Lipinski definition) is 2. The molecule has 2 aliphatic carbocycles. The van der Waals surface area contributed by atoms with Crippen LogP contribution in [0.2, 0.25) is 0 Å². The third-order valence-corrected chi connectivity index (χ3v) is 4.09. The van der Waals surface area contributed by atoms with Crippen molar-refractivity contribution in [2.24, 2.45) is 5.92 Å². The van der Waals surface area contributed by atoms with Crippen LogP contribution >= 0.6 is 0 Å². The predicted octanol–water partition coefficient (Wildman–Crippen LogP) is 2.98. The lowest BCUT2D eigenvalue weighted by Crippen LogP contribution is -2.43. The van der Waals surface area contributed by atoms with Crippen molar-refractivity contribution in [1.29, 1.82) is 0 Å². The molecule has 3 heteroatoms. The summed E-state index contributed by atoms with van der Waals surface area (Å²) in [6.07, 6.45) is 9.72. The largest absolute Gasteiger partial charge is 0.481 e. The Morgan fingerprint density at radius 3 is 2.38 bits per heavy atom. The predicted molar refractivity (Wildman–Crippen MR) is 61.4 cm³/mol. The minimum absolute atomic E-state index is 0.194. The number of hydrogen-bond donors (Lipinski definition) is 1. The quantitative estimate of drug-likeness (QED) is 0.784. The highest BCUT2D eigenvalue weighted by atomic mass is 16.5. The number of ether oxygens (including phenoxy) is 1. The summed E-state index contributed by atoms with van der Waals surface area (Å²) in [5.74, 6) is -0.0386. The first-order valence-electron chi connectivity index (χ1n) is 6.56. The fourth-order valence-corrected chi connectivity index (χ4v) is 2.87. The molecule has 3 nitrogen and oxygen atoms in total. The van der Waals surface area contributed by atoms with E-state index < -0.39 is 5.97 Å². The van der Waals surface area contributed by atoms with Crippen molar-refractivity contribution in [1.82, 2.24) is 0 Å². The standard InChI is InChI=1S/C13H22O3/c14-12(15)9-13(7-4-8-13)16-10-11-5-2-1-3-6-11/h11H,1-10H2,(H,14,15). The average Bonchev–Trinajstić information content (AvgIpc) is 2.23. The van der Waals surface area contributed by atoms with Gasteiger partial charge < -0.3 is 9.84 Å². The van der Waals surface area contributed by atoms with Gasteiger partial charge in [0.05, 0.1) is 18.6 Å². The highest BCUT2D eigenvalue weighted by Crippen LogP contribution is 2.39. The Kier molecular flexibility index (Phi) is 3.85. The molecule has 0 aliphatic heterocycles. The van der Waals surface area contributed by atoms with Crippen molar-refractivity contribution in [2.75, 3.05) is 6.61 Å². The molecule has 2 rings (SSSR count). The zero-order chi connectivity index (χ0) is 11.4. The second kappa shape index (κ2) is 5.17. The monoisotopic (exact) mass is 226 g/mol. The first kappa shape index (κ1) is 11.9. The van der Waals surface area contributed by atoms with Crippen molar-refractivity contribution < 1.29 is 14.6 Å². The van der Waals surface area contributed by atoms with Gasteiger partial charge in [0.15, 0.2) is 0 Å². The molecule has 0 atom stereocenters. The molecule has 0 unspecified atom stereocenters. The van der Waals surface area contributed by atoms with Gasteiger partial charge in [0, 0.05) is 0 Å². The molecule has 2 fully saturated rings. The van der Waals surface area contributed by atoms with Crippen LogP contribution in [0, 0.1) is 5.92 Å². The summed E-state index contributed by atoms with van der Waals surface area (Å²) in [7, 11) is 0. The maximum atomic E-state index is 10.8. The van der Waals surface area contributed by atoms with Crippen LogP contribution in [0.1, 0.15) is 57.8 Å². The molecule has 0 saturated heterocycles.